The van der Waals surface area contributed by atoms with Crippen LogP contribution in [0.15, 0.2) is 22.7 Å². The number of hydrogen-bond acceptors (Lipinski definition) is 2. The highest BCUT2D eigenvalue weighted by Gasteiger charge is 2.29. The smallest absolute Gasteiger partial charge is 0.252 e. The topological polar surface area (TPSA) is 49.3 Å². The lowest BCUT2D eigenvalue weighted by molar-refractivity contribution is 0.0900. The van der Waals surface area contributed by atoms with Crippen molar-refractivity contribution in [3.8, 4) is 0 Å². The van der Waals surface area contributed by atoms with Gasteiger partial charge in [-0.25, -0.2) is 0 Å². The molecule has 0 aliphatic heterocycles. The highest BCUT2D eigenvalue weighted by Crippen LogP contribution is 2.32. The first-order valence-corrected chi connectivity index (χ1v) is 6.59. The normalized spacial score (nSPS) is 16.6. The molecule has 92 valence electrons. The average Bonchev–Trinajstić information content (AvgIpc) is 3.12. The van der Waals surface area contributed by atoms with Gasteiger partial charge in [0.05, 0.1) is 11.7 Å². The van der Waals surface area contributed by atoms with Crippen molar-refractivity contribution in [1.29, 1.82) is 0 Å². The van der Waals surface area contributed by atoms with E-state index in [0.29, 0.717) is 18.0 Å². The Labute approximate surface area is 109 Å². The molecule has 1 saturated carbocycles. The molecule has 0 saturated heterocycles. The van der Waals surface area contributed by atoms with E-state index in [1.165, 1.54) is 0 Å². The molecule has 1 amide bonds. The molecule has 1 fully saturated rings. The van der Waals surface area contributed by atoms with Gasteiger partial charge in [0.2, 0.25) is 0 Å². The van der Waals surface area contributed by atoms with Gasteiger partial charge >= 0.3 is 0 Å². The fraction of sp³-hybridized carbons (Fsp3) is 0.462. The number of aliphatic hydroxyl groups excluding tert-OH is 1. The maximum absolute atomic E-state index is 11.9. The van der Waals surface area contributed by atoms with Crippen LogP contribution in [-0.4, -0.2) is 23.7 Å². The maximum Gasteiger partial charge on any atom is 0.252 e. The molecule has 2 rings (SSSR count). The van der Waals surface area contributed by atoms with Gasteiger partial charge in [0.15, 0.2) is 0 Å². The van der Waals surface area contributed by atoms with Crippen LogP contribution in [-0.2, 0) is 0 Å². The summed E-state index contributed by atoms with van der Waals surface area (Å²) in [5.41, 5.74) is 1.66. The molecular formula is C13H16BrNO2. The van der Waals surface area contributed by atoms with Gasteiger partial charge in [-0.1, -0.05) is 11.6 Å². The predicted molar refractivity (Wildman–Crippen MR) is 69.9 cm³/mol. The van der Waals surface area contributed by atoms with Gasteiger partial charge in [0.1, 0.15) is 0 Å². The highest BCUT2D eigenvalue weighted by molar-refractivity contribution is 9.10. The zero-order valence-electron chi connectivity index (χ0n) is 9.74. The van der Waals surface area contributed by atoms with Gasteiger partial charge in [-0.2, -0.15) is 0 Å². The minimum absolute atomic E-state index is 0.139. The lowest BCUT2D eigenvalue weighted by Gasteiger charge is -2.11. The summed E-state index contributed by atoms with van der Waals surface area (Å²) >= 11 is 3.36. The van der Waals surface area contributed by atoms with E-state index in [9.17, 15) is 9.90 Å². The van der Waals surface area contributed by atoms with E-state index in [4.69, 9.17) is 0 Å². The van der Waals surface area contributed by atoms with Gasteiger partial charge in [-0.15, -0.1) is 0 Å². The van der Waals surface area contributed by atoms with Crippen LogP contribution >= 0.6 is 15.9 Å². The minimum atomic E-state index is -0.400. The minimum Gasteiger partial charge on any atom is -0.391 e. The van der Waals surface area contributed by atoms with Crippen LogP contribution in [0.1, 0.15) is 28.8 Å². The summed E-state index contributed by atoms with van der Waals surface area (Å²) < 4.78 is 0.779. The van der Waals surface area contributed by atoms with Gasteiger partial charge in [0.25, 0.3) is 5.91 Å². The molecular weight excluding hydrogens is 282 g/mol. The van der Waals surface area contributed by atoms with Crippen molar-refractivity contribution in [2.45, 2.75) is 25.9 Å². The fourth-order valence-electron chi connectivity index (χ4n) is 1.75. The summed E-state index contributed by atoms with van der Waals surface area (Å²) in [6, 6.07) is 5.64. The van der Waals surface area contributed by atoms with Gasteiger partial charge in [-0.3, -0.25) is 4.79 Å². The predicted octanol–water partition coefficient (Wildman–Crippen LogP) is 2.26. The van der Waals surface area contributed by atoms with Crippen LogP contribution in [0, 0.1) is 12.8 Å². The Morgan fingerprint density at radius 2 is 2.29 bits per heavy atom. The van der Waals surface area contributed by atoms with E-state index in [1.807, 2.05) is 25.1 Å². The highest BCUT2D eigenvalue weighted by atomic mass is 79.9. The Balaban J connectivity index is 1.96. The number of benzene rings is 1. The summed E-state index contributed by atoms with van der Waals surface area (Å²) in [6.07, 6.45) is 1.75. The molecule has 0 spiro atoms. The van der Waals surface area contributed by atoms with Crippen LogP contribution in [0.5, 0.6) is 0 Å². The molecule has 1 aliphatic carbocycles. The van der Waals surface area contributed by atoms with Crippen LogP contribution < -0.4 is 5.32 Å². The number of carbonyl (C=O) groups is 1. The van der Waals surface area contributed by atoms with Crippen molar-refractivity contribution < 1.29 is 9.90 Å². The Hall–Kier alpha value is -0.870. The molecule has 0 aromatic heterocycles. The SMILES string of the molecule is Cc1ccc(Br)c(C(=O)NCC(O)C2CC2)c1. The molecule has 1 unspecified atom stereocenters. The number of carbonyl (C=O) groups excluding carboxylic acids is 1. The second-order valence-electron chi connectivity index (χ2n) is 4.60. The van der Waals surface area contributed by atoms with Crippen LogP contribution in [0.4, 0.5) is 0 Å². The molecule has 4 heteroatoms. The lowest BCUT2D eigenvalue weighted by Crippen LogP contribution is -2.33. The third kappa shape index (κ3) is 3.30. The molecule has 0 heterocycles. The molecule has 0 radical (unpaired) electrons. The largest absolute Gasteiger partial charge is 0.391 e. The van der Waals surface area contributed by atoms with Crippen molar-refractivity contribution in [2.24, 2.45) is 5.92 Å². The molecule has 1 atom stereocenters. The van der Waals surface area contributed by atoms with Crippen molar-refractivity contribution in [2.75, 3.05) is 6.54 Å². The van der Waals surface area contributed by atoms with Crippen molar-refractivity contribution in [3.05, 3.63) is 33.8 Å². The maximum atomic E-state index is 11.9. The molecule has 1 aromatic rings. The Bertz CT molecular complexity index is 429. The first-order chi connectivity index (χ1) is 8.08. The number of nitrogens with one attached hydrogen (secondary N) is 1. The van der Waals surface area contributed by atoms with E-state index in [1.54, 1.807) is 0 Å². The third-order valence-electron chi connectivity index (χ3n) is 3.00. The van der Waals surface area contributed by atoms with Crippen molar-refractivity contribution in [3.63, 3.8) is 0 Å². The Kier molecular flexibility index (Phi) is 3.84. The summed E-state index contributed by atoms with van der Waals surface area (Å²) in [5.74, 6) is 0.247. The standard InChI is InChI=1S/C13H16BrNO2/c1-8-2-5-11(14)10(6-8)13(17)15-7-12(16)9-3-4-9/h2,5-6,9,12,16H,3-4,7H2,1H3,(H,15,17). The van der Waals surface area contributed by atoms with E-state index in [2.05, 4.69) is 21.2 Å². The average molecular weight is 298 g/mol. The molecule has 2 N–H and O–H groups in total. The summed E-state index contributed by atoms with van der Waals surface area (Å²) in [7, 11) is 0. The number of rotatable bonds is 4. The first kappa shape index (κ1) is 12.6. The number of hydrogen-bond donors (Lipinski definition) is 2. The molecule has 17 heavy (non-hydrogen) atoms. The Morgan fingerprint density at radius 1 is 1.59 bits per heavy atom. The second kappa shape index (κ2) is 5.19. The van der Waals surface area contributed by atoms with Crippen LogP contribution in [0.2, 0.25) is 0 Å². The molecule has 1 aliphatic rings. The van der Waals surface area contributed by atoms with Gasteiger partial charge in [0, 0.05) is 11.0 Å². The summed E-state index contributed by atoms with van der Waals surface area (Å²) in [4.78, 5) is 11.9. The van der Waals surface area contributed by atoms with E-state index < -0.39 is 6.10 Å². The van der Waals surface area contributed by atoms with Crippen molar-refractivity contribution >= 4 is 21.8 Å². The number of aliphatic hydroxyl groups is 1. The molecule has 0 bridgehead atoms. The van der Waals surface area contributed by atoms with Crippen molar-refractivity contribution in [1.82, 2.24) is 5.32 Å². The molecule has 1 aromatic carbocycles. The van der Waals surface area contributed by atoms with Gasteiger partial charge in [-0.05, 0) is 53.7 Å². The quantitative estimate of drug-likeness (QED) is 0.896. The van der Waals surface area contributed by atoms with Gasteiger partial charge < -0.3 is 10.4 Å². The summed E-state index contributed by atoms with van der Waals surface area (Å²) in [6.45, 7) is 2.28. The summed E-state index contributed by atoms with van der Waals surface area (Å²) in [5, 5.41) is 12.5. The third-order valence-corrected chi connectivity index (χ3v) is 3.70. The van der Waals surface area contributed by atoms with E-state index in [-0.39, 0.29) is 5.91 Å². The van der Waals surface area contributed by atoms with E-state index >= 15 is 0 Å². The van der Waals surface area contributed by atoms with E-state index in [0.717, 1.165) is 22.9 Å². The lowest BCUT2D eigenvalue weighted by atomic mass is 10.1. The second-order valence-corrected chi connectivity index (χ2v) is 5.45. The fourth-order valence-corrected chi connectivity index (χ4v) is 2.18. The number of halogens is 1. The molecule has 3 nitrogen and oxygen atoms in total. The number of amides is 1. The van der Waals surface area contributed by atoms with Crippen LogP contribution in [0.3, 0.4) is 0 Å². The van der Waals surface area contributed by atoms with Crippen LogP contribution in [0.25, 0.3) is 0 Å². The first-order valence-electron chi connectivity index (χ1n) is 5.80. The monoisotopic (exact) mass is 297 g/mol. The number of aryl methyl sites for hydroxylation is 1. The zero-order valence-corrected chi connectivity index (χ0v) is 11.3. The Morgan fingerprint density at radius 3 is 2.94 bits per heavy atom. The zero-order chi connectivity index (χ0) is 12.4.